The summed E-state index contributed by atoms with van der Waals surface area (Å²) >= 11 is 0. The van der Waals surface area contributed by atoms with Gasteiger partial charge in [-0.1, -0.05) is 0 Å². The Morgan fingerprint density at radius 2 is 2.31 bits per heavy atom. The number of H-pyrrole nitrogens is 1. The molecule has 0 atom stereocenters. The maximum Gasteiger partial charge on any atom is 0.248 e. The van der Waals surface area contributed by atoms with Crippen LogP contribution in [-0.2, 0) is 0 Å². The van der Waals surface area contributed by atoms with Gasteiger partial charge in [-0.25, -0.2) is 4.39 Å². The second-order valence-electron chi connectivity index (χ2n) is 2.65. The fourth-order valence-electron chi connectivity index (χ4n) is 1.15. The van der Waals surface area contributed by atoms with Crippen molar-refractivity contribution in [1.82, 2.24) is 10.2 Å². The zero-order chi connectivity index (χ0) is 9.42. The third-order valence-electron chi connectivity index (χ3n) is 1.79. The summed E-state index contributed by atoms with van der Waals surface area (Å²) in [6, 6.07) is 2.56. The Labute approximate surface area is 72.5 Å². The van der Waals surface area contributed by atoms with Crippen LogP contribution < -0.4 is 5.73 Å². The average molecular weight is 179 g/mol. The Hall–Kier alpha value is -1.91. The molecule has 3 N–H and O–H groups in total. The van der Waals surface area contributed by atoms with Gasteiger partial charge in [-0.2, -0.15) is 5.10 Å². The molecule has 4 nitrogen and oxygen atoms in total. The first kappa shape index (κ1) is 7.72. The standard InChI is InChI=1S/C8H6FN3O/c9-6-1-4(8(10)13)2-7-5(6)3-11-12-7/h1-3H,(H2,10,13)(H,11,12). The number of carbonyl (C=O) groups is 1. The van der Waals surface area contributed by atoms with Crippen LogP contribution in [0.5, 0.6) is 0 Å². The first-order chi connectivity index (χ1) is 6.18. The van der Waals surface area contributed by atoms with Gasteiger partial charge in [0.1, 0.15) is 5.82 Å². The summed E-state index contributed by atoms with van der Waals surface area (Å²) < 4.78 is 13.2. The first-order valence-corrected chi connectivity index (χ1v) is 3.61. The lowest BCUT2D eigenvalue weighted by Crippen LogP contribution is -2.11. The van der Waals surface area contributed by atoms with Crippen LogP contribution in [-0.4, -0.2) is 16.1 Å². The van der Waals surface area contributed by atoms with Crippen molar-refractivity contribution in [2.75, 3.05) is 0 Å². The Morgan fingerprint density at radius 3 is 3.00 bits per heavy atom. The normalized spacial score (nSPS) is 10.5. The van der Waals surface area contributed by atoms with Crippen LogP contribution in [0.15, 0.2) is 18.3 Å². The molecular weight excluding hydrogens is 173 g/mol. The number of hydrogen-bond acceptors (Lipinski definition) is 2. The van der Waals surface area contributed by atoms with Gasteiger partial charge in [0.05, 0.1) is 17.1 Å². The monoisotopic (exact) mass is 179 g/mol. The molecule has 2 aromatic rings. The second-order valence-corrected chi connectivity index (χ2v) is 2.65. The van der Waals surface area contributed by atoms with Crippen molar-refractivity contribution in [3.63, 3.8) is 0 Å². The molecule has 0 aliphatic rings. The van der Waals surface area contributed by atoms with Crippen molar-refractivity contribution in [2.24, 2.45) is 5.73 Å². The number of nitrogens with zero attached hydrogens (tertiary/aromatic N) is 1. The number of benzene rings is 1. The Balaban J connectivity index is 2.77. The highest BCUT2D eigenvalue weighted by Crippen LogP contribution is 2.16. The van der Waals surface area contributed by atoms with E-state index >= 15 is 0 Å². The molecule has 1 aromatic carbocycles. The lowest BCUT2D eigenvalue weighted by Gasteiger charge is -1.96. The maximum absolute atomic E-state index is 13.2. The van der Waals surface area contributed by atoms with E-state index in [-0.39, 0.29) is 5.56 Å². The van der Waals surface area contributed by atoms with E-state index in [9.17, 15) is 9.18 Å². The molecule has 0 spiro atoms. The van der Waals surface area contributed by atoms with Crippen LogP contribution in [0.25, 0.3) is 10.9 Å². The number of carbonyl (C=O) groups excluding carboxylic acids is 1. The van der Waals surface area contributed by atoms with Gasteiger partial charge in [-0.3, -0.25) is 9.89 Å². The van der Waals surface area contributed by atoms with Crippen molar-refractivity contribution in [2.45, 2.75) is 0 Å². The van der Waals surface area contributed by atoms with Gasteiger partial charge in [0, 0.05) is 5.56 Å². The van der Waals surface area contributed by atoms with Crippen LogP contribution in [0.1, 0.15) is 10.4 Å². The largest absolute Gasteiger partial charge is 0.366 e. The highest BCUT2D eigenvalue weighted by Gasteiger charge is 2.08. The number of primary amides is 1. The third kappa shape index (κ3) is 1.14. The van der Waals surface area contributed by atoms with Gasteiger partial charge in [-0.05, 0) is 12.1 Å². The summed E-state index contributed by atoms with van der Waals surface area (Å²) in [6.07, 6.45) is 1.36. The SMILES string of the molecule is NC(=O)c1cc(F)c2cn[nH]c2c1. The third-order valence-corrected chi connectivity index (χ3v) is 1.79. The van der Waals surface area contributed by atoms with Crippen molar-refractivity contribution in [3.8, 4) is 0 Å². The number of aromatic amines is 1. The molecule has 0 aliphatic carbocycles. The topological polar surface area (TPSA) is 71.8 Å². The number of amides is 1. The minimum Gasteiger partial charge on any atom is -0.366 e. The zero-order valence-corrected chi connectivity index (χ0v) is 6.54. The molecule has 0 unspecified atom stereocenters. The molecule has 0 saturated carbocycles. The number of nitrogens with two attached hydrogens (primary N) is 1. The van der Waals surface area contributed by atoms with Crippen LogP contribution in [0.2, 0.25) is 0 Å². The first-order valence-electron chi connectivity index (χ1n) is 3.61. The number of halogens is 1. The smallest absolute Gasteiger partial charge is 0.248 e. The molecule has 1 amide bonds. The summed E-state index contributed by atoms with van der Waals surface area (Å²) in [5.74, 6) is -1.16. The van der Waals surface area contributed by atoms with Gasteiger partial charge in [0.25, 0.3) is 0 Å². The summed E-state index contributed by atoms with van der Waals surface area (Å²) in [5, 5.41) is 6.56. The molecule has 0 saturated heterocycles. The molecule has 13 heavy (non-hydrogen) atoms. The van der Waals surface area contributed by atoms with E-state index in [2.05, 4.69) is 10.2 Å². The van der Waals surface area contributed by atoms with Crippen molar-refractivity contribution < 1.29 is 9.18 Å². The molecule has 66 valence electrons. The molecule has 0 aliphatic heterocycles. The van der Waals surface area contributed by atoms with Crippen molar-refractivity contribution in [1.29, 1.82) is 0 Å². The fraction of sp³-hybridized carbons (Fsp3) is 0. The highest BCUT2D eigenvalue weighted by molar-refractivity contribution is 5.96. The lowest BCUT2D eigenvalue weighted by molar-refractivity contribution is 0.1000. The van der Waals surface area contributed by atoms with E-state index < -0.39 is 11.7 Å². The minimum atomic E-state index is -0.657. The fourth-order valence-corrected chi connectivity index (χ4v) is 1.15. The molecule has 5 heteroatoms. The van der Waals surface area contributed by atoms with E-state index in [0.717, 1.165) is 6.07 Å². The highest BCUT2D eigenvalue weighted by atomic mass is 19.1. The zero-order valence-electron chi connectivity index (χ0n) is 6.54. The van der Waals surface area contributed by atoms with Crippen LogP contribution in [0, 0.1) is 5.82 Å². The van der Waals surface area contributed by atoms with Crippen LogP contribution in [0.3, 0.4) is 0 Å². The van der Waals surface area contributed by atoms with Crippen molar-refractivity contribution in [3.05, 3.63) is 29.7 Å². The predicted octanol–water partition coefficient (Wildman–Crippen LogP) is 0.801. The Bertz CT molecular complexity index is 477. The van der Waals surface area contributed by atoms with E-state index in [4.69, 9.17) is 5.73 Å². The van der Waals surface area contributed by atoms with Gasteiger partial charge in [0.15, 0.2) is 0 Å². The summed E-state index contributed by atoms with van der Waals surface area (Å²) in [5.41, 5.74) is 5.60. The van der Waals surface area contributed by atoms with Crippen LogP contribution >= 0.6 is 0 Å². The minimum absolute atomic E-state index is 0.134. The van der Waals surface area contributed by atoms with E-state index in [1.54, 1.807) is 0 Å². The molecule has 1 heterocycles. The summed E-state index contributed by atoms with van der Waals surface area (Å²) in [4.78, 5) is 10.7. The average Bonchev–Trinajstić information content (AvgIpc) is 2.51. The number of hydrogen-bond donors (Lipinski definition) is 2. The number of nitrogens with one attached hydrogen (secondary N) is 1. The van der Waals surface area contributed by atoms with Crippen LogP contribution in [0.4, 0.5) is 4.39 Å². The lowest BCUT2D eigenvalue weighted by atomic mass is 10.1. The Morgan fingerprint density at radius 1 is 1.54 bits per heavy atom. The van der Waals surface area contributed by atoms with E-state index in [1.165, 1.54) is 12.3 Å². The maximum atomic E-state index is 13.2. The Kier molecular flexibility index (Phi) is 1.51. The molecule has 2 rings (SSSR count). The van der Waals surface area contributed by atoms with Crippen molar-refractivity contribution >= 4 is 16.8 Å². The van der Waals surface area contributed by atoms with Gasteiger partial charge >= 0.3 is 0 Å². The number of fused-ring (bicyclic) bond motifs is 1. The van der Waals surface area contributed by atoms with Gasteiger partial charge < -0.3 is 5.73 Å². The van der Waals surface area contributed by atoms with Gasteiger partial charge in [-0.15, -0.1) is 0 Å². The molecular formula is C8H6FN3O. The number of rotatable bonds is 1. The number of aromatic nitrogens is 2. The second kappa shape index (κ2) is 2.55. The molecule has 0 bridgehead atoms. The molecule has 0 radical (unpaired) electrons. The summed E-state index contributed by atoms with van der Waals surface area (Å²) in [7, 11) is 0. The molecule has 1 aromatic heterocycles. The van der Waals surface area contributed by atoms with E-state index in [0.29, 0.717) is 10.9 Å². The predicted molar refractivity (Wildman–Crippen MR) is 44.6 cm³/mol. The van der Waals surface area contributed by atoms with Gasteiger partial charge in [0.2, 0.25) is 5.91 Å². The van der Waals surface area contributed by atoms with E-state index in [1.807, 2.05) is 0 Å². The quantitative estimate of drug-likeness (QED) is 0.679. The summed E-state index contributed by atoms with van der Waals surface area (Å²) in [6.45, 7) is 0. The molecule has 0 fully saturated rings.